The van der Waals surface area contributed by atoms with Gasteiger partial charge in [-0.2, -0.15) is 0 Å². The van der Waals surface area contributed by atoms with Gasteiger partial charge in [0, 0.05) is 30.4 Å². The van der Waals surface area contributed by atoms with Crippen LogP contribution in [-0.4, -0.2) is 24.1 Å². The number of nitrogens with one attached hydrogen (secondary N) is 1. The first-order valence-corrected chi connectivity index (χ1v) is 7.58. The molecule has 0 spiro atoms. The Morgan fingerprint density at radius 1 is 1.37 bits per heavy atom. The van der Waals surface area contributed by atoms with E-state index in [1.807, 2.05) is 12.3 Å². The molecule has 1 saturated carbocycles. The molecule has 1 aliphatic rings. The lowest BCUT2D eigenvalue weighted by molar-refractivity contribution is 0.575. The third-order valence-corrected chi connectivity index (χ3v) is 3.62. The van der Waals surface area contributed by atoms with Crippen molar-refractivity contribution < 1.29 is 0 Å². The van der Waals surface area contributed by atoms with Crippen LogP contribution in [0.15, 0.2) is 18.3 Å². The second kappa shape index (κ2) is 6.38. The van der Waals surface area contributed by atoms with Crippen molar-refractivity contribution in [3.8, 4) is 0 Å². The number of hydrogen-bond donors (Lipinski definition) is 1. The van der Waals surface area contributed by atoms with Gasteiger partial charge < -0.3 is 10.2 Å². The Kier molecular flexibility index (Phi) is 4.81. The fraction of sp³-hybridized carbons (Fsp3) is 0.688. The summed E-state index contributed by atoms with van der Waals surface area (Å²) in [7, 11) is 0. The van der Waals surface area contributed by atoms with Crippen LogP contribution in [0.4, 0.5) is 5.82 Å². The molecular formula is C16H27N3. The van der Waals surface area contributed by atoms with Gasteiger partial charge in [-0.25, -0.2) is 4.98 Å². The second-order valence-corrected chi connectivity index (χ2v) is 5.97. The van der Waals surface area contributed by atoms with Gasteiger partial charge in [0.2, 0.25) is 0 Å². The van der Waals surface area contributed by atoms with E-state index in [-0.39, 0.29) is 0 Å². The maximum absolute atomic E-state index is 4.68. The van der Waals surface area contributed by atoms with Gasteiger partial charge in [0.05, 0.1) is 0 Å². The molecule has 0 aromatic carbocycles. The molecule has 1 heterocycles. The number of aromatic nitrogens is 1. The highest BCUT2D eigenvalue weighted by Gasteiger charge is 2.32. The molecule has 1 fully saturated rings. The molecular weight excluding hydrogens is 234 g/mol. The van der Waals surface area contributed by atoms with E-state index in [9.17, 15) is 0 Å². The van der Waals surface area contributed by atoms with Crippen molar-refractivity contribution in [1.29, 1.82) is 0 Å². The van der Waals surface area contributed by atoms with E-state index in [0.717, 1.165) is 13.1 Å². The lowest BCUT2D eigenvalue weighted by atomic mass is 10.1. The highest BCUT2D eigenvalue weighted by molar-refractivity contribution is 5.50. The van der Waals surface area contributed by atoms with E-state index in [1.165, 1.54) is 24.2 Å². The van der Waals surface area contributed by atoms with Gasteiger partial charge >= 0.3 is 0 Å². The largest absolute Gasteiger partial charge is 0.353 e. The van der Waals surface area contributed by atoms with E-state index in [2.05, 4.69) is 49.0 Å². The van der Waals surface area contributed by atoms with Gasteiger partial charge in [-0.05, 0) is 38.3 Å². The van der Waals surface area contributed by atoms with E-state index >= 15 is 0 Å². The number of anilines is 1. The molecule has 0 amide bonds. The molecule has 0 radical (unpaired) electrons. The summed E-state index contributed by atoms with van der Waals surface area (Å²) in [6, 6.07) is 5.34. The molecule has 1 aromatic heterocycles. The van der Waals surface area contributed by atoms with Gasteiger partial charge in [-0.15, -0.1) is 0 Å². The van der Waals surface area contributed by atoms with Crippen molar-refractivity contribution >= 4 is 5.82 Å². The van der Waals surface area contributed by atoms with E-state index in [1.54, 1.807) is 0 Å². The first kappa shape index (κ1) is 14.3. The zero-order chi connectivity index (χ0) is 13.8. The first-order chi connectivity index (χ1) is 9.13. The Balaban J connectivity index is 2.25. The van der Waals surface area contributed by atoms with Crippen molar-refractivity contribution in [3.63, 3.8) is 0 Å². The minimum absolute atomic E-state index is 0.363. The summed E-state index contributed by atoms with van der Waals surface area (Å²) in [4.78, 5) is 7.20. The Bertz CT molecular complexity index is 399. The standard InChI is InChI=1S/C16H27N3/c1-5-17-13(4)15-7-6-10-18-16(15)19(11-12(2)3)14-8-9-14/h6-7,10,12-14,17H,5,8-9,11H2,1-4H3. The van der Waals surface area contributed by atoms with Crippen LogP contribution in [0.2, 0.25) is 0 Å². The third-order valence-electron chi connectivity index (χ3n) is 3.62. The fourth-order valence-corrected chi connectivity index (χ4v) is 2.59. The number of nitrogens with zero attached hydrogens (tertiary/aromatic N) is 2. The Morgan fingerprint density at radius 3 is 2.68 bits per heavy atom. The molecule has 1 unspecified atom stereocenters. The maximum Gasteiger partial charge on any atom is 0.133 e. The summed E-state index contributed by atoms with van der Waals surface area (Å²) in [5, 5.41) is 3.50. The number of rotatable bonds is 7. The first-order valence-electron chi connectivity index (χ1n) is 7.58. The van der Waals surface area contributed by atoms with Crippen LogP contribution >= 0.6 is 0 Å². The summed E-state index contributed by atoms with van der Waals surface area (Å²) in [5.74, 6) is 1.86. The molecule has 1 aliphatic carbocycles. The Labute approximate surface area is 117 Å². The van der Waals surface area contributed by atoms with Crippen LogP contribution in [0, 0.1) is 5.92 Å². The van der Waals surface area contributed by atoms with Crippen LogP contribution in [0.5, 0.6) is 0 Å². The van der Waals surface area contributed by atoms with Crippen molar-refractivity contribution in [1.82, 2.24) is 10.3 Å². The quantitative estimate of drug-likeness (QED) is 0.815. The van der Waals surface area contributed by atoms with E-state index in [4.69, 9.17) is 0 Å². The summed E-state index contributed by atoms with van der Waals surface area (Å²) in [6.07, 6.45) is 4.56. The minimum Gasteiger partial charge on any atom is -0.353 e. The topological polar surface area (TPSA) is 28.2 Å². The Morgan fingerprint density at radius 2 is 2.11 bits per heavy atom. The van der Waals surface area contributed by atoms with Crippen LogP contribution in [0.3, 0.4) is 0 Å². The third kappa shape index (κ3) is 3.69. The van der Waals surface area contributed by atoms with Crippen LogP contribution in [0.25, 0.3) is 0 Å². The zero-order valence-electron chi connectivity index (χ0n) is 12.7. The van der Waals surface area contributed by atoms with Crippen molar-refractivity contribution in [2.45, 2.75) is 52.6 Å². The summed E-state index contributed by atoms with van der Waals surface area (Å²) < 4.78 is 0. The average molecular weight is 261 g/mol. The highest BCUT2D eigenvalue weighted by atomic mass is 15.2. The molecule has 1 atom stereocenters. The highest BCUT2D eigenvalue weighted by Crippen LogP contribution is 2.34. The average Bonchev–Trinajstić information content (AvgIpc) is 3.20. The molecule has 1 N–H and O–H groups in total. The van der Waals surface area contributed by atoms with Gasteiger partial charge in [0.25, 0.3) is 0 Å². The van der Waals surface area contributed by atoms with Crippen LogP contribution in [-0.2, 0) is 0 Å². The van der Waals surface area contributed by atoms with Crippen molar-refractivity contribution in [2.75, 3.05) is 18.0 Å². The summed E-state index contributed by atoms with van der Waals surface area (Å²) >= 11 is 0. The van der Waals surface area contributed by atoms with Crippen molar-refractivity contribution in [2.24, 2.45) is 5.92 Å². The monoisotopic (exact) mass is 261 g/mol. The lowest BCUT2D eigenvalue weighted by Crippen LogP contribution is -2.32. The normalized spacial score (nSPS) is 16.7. The maximum atomic E-state index is 4.68. The molecule has 3 nitrogen and oxygen atoms in total. The SMILES string of the molecule is CCNC(C)c1cccnc1N(CC(C)C)C1CC1. The van der Waals surface area contributed by atoms with E-state index in [0.29, 0.717) is 18.0 Å². The van der Waals surface area contributed by atoms with Crippen LogP contribution < -0.4 is 10.2 Å². The molecule has 0 saturated heterocycles. The predicted octanol–water partition coefficient (Wildman–Crippen LogP) is 3.38. The van der Waals surface area contributed by atoms with E-state index < -0.39 is 0 Å². The number of pyridine rings is 1. The fourth-order valence-electron chi connectivity index (χ4n) is 2.59. The molecule has 1 aromatic rings. The lowest BCUT2D eigenvalue weighted by Gasteiger charge is -2.29. The van der Waals surface area contributed by atoms with Crippen LogP contribution in [0.1, 0.15) is 52.1 Å². The molecule has 2 rings (SSSR count). The minimum atomic E-state index is 0.363. The molecule has 106 valence electrons. The molecule has 19 heavy (non-hydrogen) atoms. The van der Waals surface area contributed by atoms with Gasteiger partial charge in [0.15, 0.2) is 0 Å². The second-order valence-electron chi connectivity index (χ2n) is 5.97. The summed E-state index contributed by atoms with van der Waals surface area (Å²) in [6.45, 7) is 11.0. The predicted molar refractivity (Wildman–Crippen MR) is 81.5 cm³/mol. The Hall–Kier alpha value is -1.09. The zero-order valence-corrected chi connectivity index (χ0v) is 12.7. The molecule has 3 heteroatoms. The summed E-state index contributed by atoms with van der Waals surface area (Å²) in [5.41, 5.74) is 1.33. The number of hydrogen-bond acceptors (Lipinski definition) is 3. The molecule has 0 aliphatic heterocycles. The van der Waals surface area contributed by atoms with Gasteiger partial charge in [0.1, 0.15) is 5.82 Å². The van der Waals surface area contributed by atoms with Crippen molar-refractivity contribution in [3.05, 3.63) is 23.9 Å². The smallest absolute Gasteiger partial charge is 0.133 e. The van der Waals surface area contributed by atoms with Gasteiger partial charge in [-0.3, -0.25) is 0 Å². The van der Waals surface area contributed by atoms with Gasteiger partial charge in [-0.1, -0.05) is 26.8 Å². The molecule has 0 bridgehead atoms.